The minimum atomic E-state index is -0.569. The van der Waals surface area contributed by atoms with E-state index in [9.17, 15) is 14.5 Å². The molecule has 2 aromatic carbocycles. The Balaban J connectivity index is 2.09. The third-order valence-corrected chi connectivity index (χ3v) is 2.52. The molecule has 0 aliphatic heterocycles. The van der Waals surface area contributed by atoms with Gasteiger partial charge in [-0.2, -0.15) is 0 Å². The van der Waals surface area contributed by atoms with Crippen LogP contribution in [0.1, 0.15) is 5.56 Å². The van der Waals surface area contributed by atoms with Gasteiger partial charge in [-0.1, -0.05) is 12.1 Å². The van der Waals surface area contributed by atoms with E-state index in [1.807, 2.05) is 0 Å². The van der Waals surface area contributed by atoms with Gasteiger partial charge in [0.2, 0.25) is 0 Å². The molecule has 2 rings (SSSR count). The summed E-state index contributed by atoms with van der Waals surface area (Å²) in [5, 5.41) is 10.7. The van der Waals surface area contributed by atoms with Gasteiger partial charge in [0.1, 0.15) is 23.9 Å². The zero-order valence-electron chi connectivity index (χ0n) is 9.88. The van der Waals surface area contributed by atoms with Crippen LogP contribution >= 0.6 is 0 Å². The van der Waals surface area contributed by atoms with Crippen molar-refractivity contribution < 1.29 is 14.1 Å². The Morgan fingerprint density at radius 3 is 2.53 bits per heavy atom. The van der Waals surface area contributed by atoms with Crippen LogP contribution in [0, 0.1) is 15.9 Å². The summed E-state index contributed by atoms with van der Waals surface area (Å²) in [7, 11) is 0. The number of halogens is 1. The zero-order chi connectivity index (χ0) is 13.8. The SMILES string of the molecule is Nc1ccc(OCc2ccc(F)cc2)cc1[N+](=O)[O-]. The van der Waals surface area contributed by atoms with Crippen molar-refractivity contribution >= 4 is 11.4 Å². The molecule has 0 saturated heterocycles. The highest BCUT2D eigenvalue weighted by Crippen LogP contribution is 2.26. The number of hydrogen-bond donors (Lipinski definition) is 1. The molecule has 0 spiro atoms. The smallest absolute Gasteiger partial charge is 0.295 e. The molecular formula is C13H11FN2O3. The molecule has 0 saturated carbocycles. The Bertz CT molecular complexity index is 599. The van der Waals surface area contributed by atoms with Crippen LogP contribution in [0.5, 0.6) is 5.75 Å². The zero-order valence-corrected chi connectivity index (χ0v) is 9.88. The molecule has 2 N–H and O–H groups in total. The first-order chi connectivity index (χ1) is 9.06. The number of nitrogen functional groups attached to an aromatic ring is 1. The van der Waals surface area contributed by atoms with E-state index < -0.39 is 4.92 Å². The number of nitro groups is 1. The maximum absolute atomic E-state index is 12.7. The van der Waals surface area contributed by atoms with Gasteiger partial charge in [-0.05, 0) is 29.8 Å². The maximum atomic E-state index is 12.7. The van der Waals surface area contributed by atoms with E-state index in [0.717, 1.165) is 5.56 Å². The predicted molar refractivity (Wildman–Crippen MR) is 68.2 cm³/mol. The third-order valence-electron chi connectivity index (χ3n) is 2.52. The first kappa shape index (κ1) is 12.8. The van der Waals surface area contributed by atoms with Gasteiger partial charge in [0.25, 0.3) is 5.69 Å². The van der Waals surface area contributed by atoms with Crippen LogP contribution in [0.2, 0.25) is 0 Å². The fourth-order valence-electron chi connectivity index (χ4n) is 1.52. The quantitative estimate of drug-likeness (QED) is 0.522. The summed E-state index contributed by atoms with van der Waals surface area (Å²) < 4.78 is 18.1. The molecule has 6 heteroatoms. The molecule has 2 aromatic rings. The standard InChI is InChI=1S/C13H11FN2O3/c14-10-3-1-9(2-4-10)8-19-11-5-6-12(15)13(7-11)16(17)18/h1-7H,8,15H2. The second kappa shape index (κ2) is 5.34. The van der Waals surface area contributed by atoms with E-state index in [-0.39, 0.29) is 23.8 Å². The highest BCUT2D eigenvalue weighted by atomic mass is 19.1. The average molecular weight is 262 g/mol. The molecule has 98 valence electrons. The number of nitrogens with zero attached hydrogens (tertiary/aromatic N) is 1. The van der Waals surface area contributed by atoms with Crippen molar-refractivity contribution in [2.24, 2.45) is 0 Å². The van der Waals surface area contributed by atoms with Crippen molar-refractivity contribution in [1.82, 2.24) is 0 Å². The van der Waals surface area contributed by atoms with Crippen LogP contribution in [0.4, 0.5) is 15.8 Å². The van der Waals surface area contributed by atoms with Crippen LogP contribution in [0.3, 0.4) is 0 Å². The van der Waals surface area contributed by atoms with Crippen LogP contribution < -0.4 is 10.5 Å². The maximum Gasteiger partial charge on any atom is 0.295 e. The number of anilines is 1. The minimum Gasteiger partial charge on any atom is -0.489 e. The fraction of sp³-hybridized carbons (Fsp3) is 0.0769. The number of ether oxygens (including phenoxy) is 1. The molecule has 0 heterocycles. The number of hydrogen-bond acceptors (Lipinski definition) is 4. The van der Waals surface area contributed by atoms with Gasteiger partial charge >= 0.3 is 0 Å². The van der Waals surface area contributed by atoms with Crippen LogP contribution in [0.15, 0.2) is 42.5 Å². The average Bonchev–Trinajstić information content (AvgIpc) is 2.39. The Labute approximate surface area is 108 Å². The van der Waals surface area contributed by atoms with Gasteiger partial charge in [-0.3, -0.25) is 10.1 Å². The van der Waals surface area contributed by atoms with Crippen LogP contribution in [-0.4, -0.2) is 4.92 Å². The highest BCUT2D eigenvalue weighted by molar-refractivity contribution is 5.60. The number of nitrogens with two attached hydrogens (primary N) is 1. The lowest BCUT2D eigenvalue weighted by molar-refractivity contribution is -0.384. The molecule has 0 bridgehead atoms. The van der Waals surface area contributed by atoms with Crippen molar-refractivity contribution in [3.05, 3.63) is 64.0 Å². The van der Waals surface area contributed by atoms with Crippen molar-refractivity contribution in [3.8, 4) is 5.75 Å². The van der Waals surface area contributed by atoms with E-state index in [0.29, 0.717) is 5.75 Å². The first-order valence-electron chi connectivity index (χ1n) is 5.47. The van der Waals surface area contributed by atoms with Crippen molar-refractivity contribution in [1.29, 1.82) is 0 Å². The highest BCUT2D eigenvalue weighted by Gasteiger charge is 2.12. The topological polar surface area (TPSA) is 78.4 Å². The lowest BCUT2D eigenvalue weighted by atomic mass is 10.2. The third kappa shape index (κ3) is 3.19. The molecule has 5 nitrogen and oxygen atoms in total. The van der Waals surface area contributed by atoms with E-state index in [1.165, 1.54) is 24.3 Å². The molecule has 0 fully saturated rings. The monoisotopic (exact) mass is 262 g/mol. The summed E-state index contributed by atoms with van der Waals surface area (Å²) in [4.78, 5) is 10.1. The molecule has 19 heavy (non-hydrogen) atoms. The molecule has 0 aliphatic rings. The summed E-state index contributed by atoms with van der Waals surface area (Å²) in [6.45, 7) is 0.196. The number of benzene rings is 2. The predicted octanol–water partition coefficient (Wildman–Crippen LogP) is 2.90. The van der Waals surface area contributed by atoms with Gasteiger partial charge in [0.15, 0.2) is 0 Å². The minimum absolute atomic E-state index is 0.0825. The molecular weight excluding hydrogens is 251 g/mol. The van der Waals surface area contributed by atoms with Crippen LogP contribution in [-0.2, 0) is 6.61 Å². The summed E-state index contributed by atoms with van der Waals surface area (Å²) in [6.07, 6.45) is 0. The second-order valence-corrected chi connectivity index (χ2v) is 3.89. The van der Waals surface area contributed by atoms with Gasteiger partial charge in [0.05, 0.1) is 11.0 Å². The van der Waals surface area contributed by atoms with Crippen LogP contribution in [0.25, 0.3) is 0 Å². The van der Waals surface area contributed by atoms with E-state index in [4.69, 9.17) is 10.5 Å². The van der Waals surface area contributed by atoms with Gasteiger partial charge in [0, 0.05) is 0 Å². The lowest BCUT2D eigenvalue weighted by Crippen LogP contribution is -1.99. The van der Waals surface area contributed by atoms with E-state index in [2.05, 4.69) is 0 Å². The lowest BCUT2D eigenvalue weighted by Gasteiger charge is -2.07. The largest absolute Gasteiger partial charge is 0.489 e. The number of rotatable bonds is 4. The van der Waals surface area contributed by atoms with E-state index >= 15 is 0 Å². The summed E-state index contributed by atoms with van der Waals surface area (Å²) in [5.74, 6) is 0.0112. The van der Waals surface area contributed by atoms with Crippen molar-refractivity contribution in [2.75, 3.05) is 5.73 Å². The molecule has 0 aromatic heterocycles. The molecule has 0 atom stereocenters. The Hall–Kier alpha value is -2.63. The first-order valence-corrected chi connectivity index (χ1v) is 5.47. The summed E-state index contributed by atoms with van der Waals surface area (Å²) >= 11 is 0. The van der Waals surface area contributed by atoms with Gasteiger partial charge in [-0.15, -0.1) is 0 Å². The normalized spacial score (nSPS) is 10.2. The molecule has 0 radical (unpaired) electrons. The summed E-state index contributed by atoms with van der Waals surface area (Å²) in [6, 6.07) is 10.0. The molecule has 0 aliphatic carbocycles. The van der Waals surface area contributed by atoms with Crippen molar-refractivity contribution in [3.63, 3.8) is 0 Å². The van der Waals surface area contributed by atoms with Gasteiger partial charge in [-0.25, -0.2) is 4.39 Å². The molecule has 0 amide bonds. The molecule has 0 unspecified atom stereocenters. The Morgan fingerprint density at radius 1 is 1.21 bits per heavy atom. The summed E-state index contributed by atoms with van der Waals surface area (Å²) in [5.41, 5.74) is 6.13. The van der Waals surface area contributed by atoms with Crippen molar-refractivity contribution in [2.45, 2.75) is 6.61 Å². The van der Waals surface area contributed by atoms with E-state index in [1.54, 1.807) is 18.2 Å². The van der Waals surface area contributed by atoms with Gasteiger partial charge < -0.3 is 10.5 Å². The second-order valence-electron chi connectivity index (χ2n) is 3.89. The number of nitro benzene ring substituents is 1. The Morgan fingerprint density at radius 2 is 1.89 bits per heavy atom. The fourth-order valence-corrected chi connectivity index (χ4v) is 1.52. The Kier molecular flexibility index (Phi) is 3.61.